The van der Waals surface area contributed by atoms with Crippen molar-refractivity contribution < 1.29 is 4.74 Å². The maximum atomic E-state index is 5.99. The van der Waals surface area contributed by atoms with E-state index in [0.717, 1.165) is 19.2 Å². The van der Waals surface area contributed by atoms with Gasteiger partial charge < -0.3 is 15.0 Å². The predicted molar refractivity (Wildman–Crippen MR) is 71.3 cm³/mol. The average molecular weight is 240 g/mol. The van der Waals surface area contributed by atoms with Gasteiger partial charge in [0.15, 0.2) is 0 Å². The Kier molecular flexibility index (Phi) is 5.26. The monoisotopic (exact) mass is 240 g/mol. The van der Waals surface area contributed by atoms with E-state index in [9.17, 15) is 0 Å². The van der Waals surface area contributed by atoms with Gasteiger partial charge in [0.05, 0.1) is 6.10 Å². The largest absolute Gasteiger partial charge is 0.377 e. The molecule has 2 aliphatic heterocycles. The normalized spacial score (nSPS) is 36.0. The standard InChI is InChI=1S/C14H28N2O/c1-12-6-7-14(11-15-12)17-10-8-13-5-3-4-9-16(13)2/h12-15H,3-11H2,1-2H3. The summed E-state index contributed by atoms with van der Waals surface area (Å²) < 4.78 is 5.99. The van der Waals surface area contributed by atoms with Crippen molar-refractivity contribution in [2.45, 2.75) is 63.6 Å². The number of rotatable bonds is 4. The first kappa shape index (κ1) is 13.3. The molecule has 2 heterocycles. The molecule has 0 saturated carbocycles. The highest BCUT2D eigenvalue weighted by Gasteiger charge is 2.21. The van der Waals surface area contributed by atoms with Crippen LogP contribution in [0.5, 0.6) is 0 Å². The molecule has 0 aromatic heterocycles. The number of piperidine rings is 2. The summed E-state index contributed by atoms with van der Waals surface area (Å²) in [6.07, 6.45) is 8.29. The van der Waals surface area contributed by atoms with E-state index in [1.54, 1.807) is 0 Å². The van der Waals surface area contributed by atoms with Gasteiger partial charge in [0.1, 0.15) is 0 Å². The minimum absolute atomic E-state index is 0.458. The van der Waals surface area contributed by atoms with Gasteiger partial charge in [-0.3, -0.25) is 0 Å². The van der Waals surface area contributed by atoms with Crippen molar-refractivity contribution in [1.29, 1.82) is 0 Å². The molecule has 0 bridgehead atoms. The van der Waals surface area contributed by atoms with Crippen molar-refractivity contribution in [3.63, 3.8) is 0 Å². The third kappa shape index (κ3) is 4.23. The molecule has 2 aliphatic rings. The molecule has 0 aliphatic carbocycles. The van der Waals surface area contributed by atoms with Gasteiger partial charge in [-0.2, -0.15) is 0 Å². The summed E-state index contributed by atoms with van der Waals surface area (Å²) in [7, 11) is 2.26. The zero-order chi connectivity index (χ0) is 12.1. The van der Waals surface area contributed by atoms with Crippen LogP contribution in [0.15, 0.2) is 0 Å². The molecule has 0 radical (unpaired) electrons. The molecule has 0 aromatic rings. The van der Waals surface area contributed by atoms with Gasteiger partial charge in [0.2, 0.25) is 0 Å². The van der Waals surface area contributed by atoms with Gasteiger partial charge >= 0.3 is 0 Å². The quantitative estimate of drug-likeness (QED) is 0.813. The number of nitrogens with one attached hydrogen (secondary N) is 1. The van der Waals surface area contributed by atoms with E-state index in [1.165, 1.54) is 45.1 Å². The lowest BCUT2D eigenvalue weighted by Gasteiger charge is -2.33. The summed E-state index contributed by atoms with van der Waals surface area (Å²) in [4.78, 5) is 2.51. The van der Waals surface area contributed by atoms with Gasteiger partial charge in [-0.1, -0.05) is 6.42 Å². The van der Waals surface area contributed by atoms with E-state index >= 15 is 0 Å². The van der Waals surface area contributed by atoms with Crippen LogP contribution in [0.25, 0.3) is 0 Å². The Bertz CT molecular complexity index is 214. The van der Waals surface area contributed by atoms with E-state index in [-0.39, 0.29) is 0 Å². The van der Waals surface area contributed by atoms with Crippen molar-refractivity contribution in [2.24, 2.45) is 0 Å². The molecule has 0 aromatic carbocycles. The second kappa shape index (κ2) is 6.72. The zero-order valence-electron chi connectivity index (χ0n) is 11.5. The molecular formula is C14H28N2O. The number of hydrogen-bond acceptors (Lipinski definition) is 3. The van der Waals surface area contributed by atoms with Gasteiger partial charge in [-0.05, 0) is 52.6 Å². The van der Waals surface area contributed by atoms with Gasteiger partial charge in [-0.25, -0.2) is 0 Å². The Hall–Kier alpha value is -0.120. The molecule has 3 nitrogen and oxygen atoms in total. The summed E-state index contributed by atoms with van der Waals surface area (Å²) in [5, 5.41) is 3.49. The van der Waals surface area contributed by atoms with Crippen LogP contribution in [0.4, 0.5) is 0 Å². The van der Waals surface area contributed by atoms with Crippen LogP contribution in [0.3, 0.4) is 0 Å². The molecule has 100 valence electrons. The Labute approximate surface area is 106 Å². The summed E-state index contributed by atoms with van der Waals surface area (Å²) in [5.74, 6) is 0. The molecular weight excluding hydrogens is 212 g/mol. The first-order valence-electron chi connectivity index (χ1n) is 7.31. The molecule has 3 atom stereocenters. The van der Waals surface area contributed by atoms with E-state index in [0.29, 0.717) is 12.1 Å². The molecule has 2 saturated heterocycles. The molecule has 2 rings (SSSR count). The van der Waals surface area contributed by atoms with Crippen molar-refractivity contribution in [3.8, 4) is 0 Å². The Morgan fingerprint density at radius 3 is 2.82 bits per heavy atom. The lowest BCUT2D eigenvalue weighted by Crippen LogP contribution is -2.42. The van der Waals surface area contributed by atoms with Crippen LogP contribution < -0.4 is 5.32 Å². The van der Waals surface area contributed by atoms with Crippen LogP contribution in [0.2, 0.25) is 0 Å². The maximum Gasteiger partial charge on any atom is 0.0700 e. The summed E-state index contributed by atoms with van der Waals surface area (Å²) >= 11 is 0. The highest BCUT2D eigenvalue weighted by Crippen LogP contribution is 2.18. The molecule has 17 heavy (non-hydrogen) atoms. The SMILES string of the molecule is CC1CCC(OCCC2CCCCN2C)CN1. The Morgan fingerprint density at radius 1 is 1.24 bits per heavy atom. The molecule has 0 amide bonds. The molecule has 2 fully saturated rings. The molecule has 1 N–H and O–H groups in total. The summed E-state index contributed by atoms with van der Waals surface area (Å²) in [6.45, 7) is 5.51. The van der Waals surface area contributed by atoms with Crippen molar-refractivity contribution >= 4 is 0 Å². The van der Waals surface area contributed by atoms with E-state index in [1.807, 2.05) is 0 Å². The second-order valence-corrected chi connectivity index (χ2v) is 5.80. The number of nitrogens with zero attached hydrogens (tertiary/aromatic N) is 1. The average Bonchev–Trinajstić information content (AvgIpc) is 2.34. The minimum Gasteiger partial charge on any atom is -0.377 e. The fourth-order valence-electron chi connectivity index (χ4n) is 2.99. The van der Waals surface area contributed by atoms with E-state index in [2.05, 4.69) is 24.2 Å². The first-order valence-corrected chi connectivity index (χ1v) is 7.31. The minimum atomic E-state index is 0.458. The van der Waals surface area contributed by atoms with Crippen LogP contribution >= 0.6 is 0 Å². The fraction of sp³-hybridized carbons (Fsp3) is 1.00. The first-order chi connectivity index (χ1) is 8.25. The van der Waals surface area contributed by atoms with Crippen LogP contribution in [0, 0.1) is 0 Å². The maximum absolute atomic E-state index is 5.99. The number of ether oxygens (including phenoxy) is 1. The molecule has 3 heteroatoms. The third-order valence-corrected chi connectivity index (χ3v) is 4.34. The van der Waals surface area contributed by atoms with Crippen LogP contribution in [-0.4, -0.2) is 49.8 Å². The lowest BCUT2D eigenvalue weighted by molar-refractivity contribution is 0.0161. The van der Waals surface area contributed by atoms with Crippen molar-refractivity contribution in [1.82, 2.24) is 10.2 Å². The summed E-state index contributed by atoms with van der Waals surface area (Å²) in [5.41, 5.74) is 0. The zero-order valence-corrected chi connectivity index (χ0v) is 11.5. The van der Waals surface area contributed by atoms with Crippen molar-refractivity contribution in [3.05, 3.63) is 0 Å². The van der Waals surface area contributed by atoms with E-state index < -0.39 is 0 Å². The smallest absolute Gasteiger partial charge is 0.0700 e. The molecule has 0 spiro atoms. The fourth-order valence-corrected chi connectivity index (χ4v) is 2.99. The molecule has 3 unspecified atom stereocenters. The Balaban J connectivity index is 1.59. The lowest BCUT2D eigenvalue weighted by atomic mass is 10.0. The Morgan fingerprint density at radius 2 is 2.12 bits per heavy atom. The van der Waals surface area contributed by atoms with E-state index in [4.69, 9.17) is 4.74 Å². The van der Waals surface area contributed by atoms with Crippen LogP contribution in [0.1, 0.15) is 45.4 Å². The second-order valence-electron chi connectivity index (χ2n) is 5.80. The highest BCUT2D eigenvalue weighted by molar-refractivity contribution is 4.77. The third-order valence-electron chi connectivity index (χ3n) is 4.34. The van der Waals surface area contributed by atoms with Gasteiger partial charge in [0.25, 0.3) is 0 Å². The number of likely N-dealkylation sites (tertiary alicyclic amines) is 1. The van der Waals surface area contributed by atoms with Gasteiger partial charge in [-0.15, -0.1) is 0 Å². The van der Waals surface area contributed by atoms with Gasteiger partial charge in [0, 0.05) is 25.2 Å². The predicted octanol–water partition coefficient (Wildman–Crippen LogP) is 2.02. The van der Waals surface area contributed by atoms with Crippen molar-refractivity contribution in [2.75, 3.05) is 26.7 Å². The summed E-state index contributed by atoms with van der Waals surface area (Å²) in [6, 6.07) is 1.44. The topological polar surface area (TPSA) is 24.5 Å². The van der Waals surface area contributed by atoms with Crippen LogP contribution in [-0.2, 0) is 4.74 Å². The highest BCUT2D eigenvalue weighted by atomic mass is 16.5. The number of hydrogen-bond donors (Lipinski definition) is 1.